The van der Waals surface area contributed by atoms with E-state index in [1.54, 1.807) is 34.3 Å². The summed E-state index contributed by atoms with van der Waals surface area (Å²) >= 11 is 0. The number of aromatic nitrogens is 3. The number of piperazine rings is 1. The Hall–Kier alpha value is -6.56. The second-order valence-electron chi connectivity index (χ2n) is 17.9. The summed E-state index contributed by atoms with van der Waals surface area (Å²) in [4.78, 5) is 76.3. The maximum atomic E-state index is 15.5. The number of nitrogens with zero attached hydrogens (tertiary/aromatic N) is 9. The van der Waals surface area contributed by atoms with E-state index < -0.39 is 23.5 Å². The largest absolute Gasteiger partial charge is 0.474 e. The number of carbonyl (C=O) groups is 4. The molecule has 7 heterocycles. The SMILES string of the molecule is Cc1c(N2CCc3cnc(Nc4ccc(CC(=O)N5CCN(C6CCN(c7ccc(N8CCC(=O)NC8=O)cc7)C6)CC5)c(F)c4)nc3C2)cnc2c1N(C(=O)OC(C)(C)C)CCO2. The molecule has 2 aromatic carbocycles. The average Bonchev–Trinajstić information content (AvgIpc) is 3.77. The minimum atomic E-state index is -0.650. The van der Waals surface area contributed by atoms with Gasteiger partial charge in [-0.1, -0.05) is 6.07 Å². The Balaban J connectivity index is 0.768. The molecule has 0 radical (unpaired) electrons. The highest BCUT2D eigenvalue weighted by molar-refractivity contribution is 6.05. The lowest BCUT2D eigenvalue weighted by atomic mass is 10.0. The zero-order chi connectivity index (χ0) is 44.7. The lowest BCUT2D eigenvalue weighted by Crippen LogP contribution is -2.52. The van der Waals surface area contributed by atoms with Crippen LogP contribution in [0.25, 0.3) is 0 Å². The number of rotatable bonds is 8. The first-order valence-electron chi connectivity index (χ1n) is 22.0. The lowest BCUT2D eigenvalue weighted by molar-refractivity contribution is -0.132. The van der Waals surface area contributed by atoms with Crippen LogP contribution in [0.3, 0.4) is 0 Å². The van der Waals surface area contributed by atoms with Gasteiger partial charge in [0, 0.05) is 93.6 Å². The van der Waals surface area contributed by atoms with E-state index in [4.69, 9.17) is 14.5 Å². The lowest BCUT2D eigenvalue weighted by Gasteiger charge is -2.38. The van der Waals surface area contributed by atoms with Crippen LogP contribution in [0.1, 0.15) is 56.0 Å². The van der Waals surface area contributed by atoms with Crippen molar-refractivity contribution in [2.75, 3.05) is 90.4 Å². The van der Waals surface area contributed by atoms with Crippen LogP contribution in [0.5, 0.6) is 5.88 Å². The summed E-state index contributed by atoms with van der Waals surface area (Å²) in [6.45, 7) is 14.1. The van der Waals surface area contributed by atoms with Gasteiger partial charge in [0.25, 0.3) is 0 Å². The van der Waals surface area contributed by atoms with Crippen LogP contribution in [0.15, 0.2) is 54.9 Å². The number of anilines is 6. The Bertz CT molecular complexity index is 2460. The highest BCUT2D eigenvalue weighted by Gasteiger charge is 2.34. The van der Waals surface area contributed by atoms with Gasteiger partial charge in [0.05, 0.1) is 37.1 Å². The van der Waals surface area contributed by atoms with Crippen molar-refractivity contribution in [2.45, 2.75) is 71.6 Å². The first kappa shape index (κ1) is 42.7. The van der Waals surface area contributed by atoms with Gasteiger partial charge in [0.2, 0.25) is 23.6 Å². The van der Waals surface area contributed by atoms with Crippen LogP contribution < -0.4 is 35.0 Å². The second-order valence-corrected chi connectivity index (χ2v) is 17.9. The number of hydrogen-bond acceptors (Lipinski definition) is 13. The Morgan fingerprint density at radius 3 is 2.45 bits per heavy atom. The Labute approximate surface area is 371 Å². The van der Waals surface area contributed by atoms with Gasteiger partial charge in [-0.3, -0.25) is 29.6 Å². The monoisotopic (exact) mass is 875 g/mol. The molecule has 18 heteroatoms. The molecule has 0 aliphatic carbocycles. The quantitative estimate of drug-likeness (QED) is 0.238. The van der Waals surface area contributed by atoms with E-state index in [1.807, 2.05) is 56.9 Å². The Kier molecular flexibility index (Phi) is 11.7. The van der Waals surface area contributed by atoms with E-state index in [2.05, 4.69) is 35.3 Å². The molecule has 5 aliphatic rings. The van der Waals surface area contributed by atoms with Gasteiger partial charge in [-0.15, -0.1) is 0 Å². The van der Waals surface area contributed by atoms with E-state index >= 15 is 4.39 Å². The standard InChI is InChI=1S/C46H54FN11O6/c1-29-38(26-48-42-41(29)58(21-22-63-42)45(62)64-46(2,3)4)56-14-11-31-25-49-43(51-37(31)28-56)50-32-6-5-30(36(47)24-32)23-40(60)54-19-17-53(18-20-54)35-12-15-55(27-35)33-7-9-34(10-8-33)57-16-13-39(59)52-44(57)61/h5-10,24-26,35H,11-23,27-28H2,1-4H3,(H,49,50,51)(H,52,59,61). The molecular formula is C46H54FN11O6. The Morgan fingerprint density at radius 1 is 0.922 bits per heavy atom. The van der Waals surface area contributed by atoms with Crippen molar-refractivity contribution >= 4 is 58.3 Å². The number of amides is 5. The van der Waals surface area contributed by atoms with Gasteiger partial charge < -0.3 is 29.5 Å². The molecule has 9 rings (SSSR count). The van der Waals surface area contributed by atoms with E-state index in [9.17, 15) is 19.2 Å². The second kappa shape index (κ2) is 17.5. The minimum absolute atomic E-state index is 0.0292. The van der Waals surface area contributed by atoms with Gasteiger partial charge in [-0.05, 0) is 88.1 Å². The number of nitrogens with one attached hydrogen (secondary N) is 2. The first-order valence-corrected chi connectivity index (χ1v) is 22.0. The fraction of sp³-hybridized carbons (Fsp3) is 0.457. The number of benzene rings is 2. The summed E-state index contributed by atoms with van der Waals surface area (Å²) in [5.41, 5.74) is 6.16. The van der Waals surface area contributed by atoms with Crippen molar-refractivity contribution in [3.05, 3.63) is 83.1 Å². The normalized spacial score (nSPS) is 19.2. The zero-order valence-electron chi connectivity index (χ0n) is 36.7. The maximum Gasteiger partial charge on any atom is 0.415 e. The van der Waals surface area contributed by atoms with Crippen LogP contribution in [0.2, 0.25) is 0 Å². The molecule has 4 aromatic rings. The van der Waals surface area contributed by atoms with Crippen molar-refractivity contribution in [1.82, 2.24) is 30.1 Å². The van der Waals surface area contributed by atoms with Crippen molar-refractivity contribution in [2.24, 2.45) is 0 Å². The molecule has 17 nitrogen and oxygen atoms in total. The molecule has 0 saturated carbocycles. The average molecular weight is 876 g/mol. The number of carbonyl (C=O) groups excluding carboxylic acids is 4. The van der Waals surface area contributed by atoms with Crippen LogP contribution in [-0.4, -0.2) is 126 Å². The summed E-state index contributed by atoms with van der Waals surface area (Å²) in [7, 11) is 0. The third kappa shape index (κ3) is 9.09. The Morgan fingerprint density at radius 2 is 1.70 bits per heavy atom. The molecule has 336 valence electrons. The van der Waals surface area contributed by atoms with E-state index in [0.717, 1.165) is 66.5 Å². The number of imide groups is 1. The summed E-state index contributed by atoms with van der Waals surface area (Å²) < 4.78 is 27.1. The summed E-state index contributed by atoms with van der Waals surface area (Å²) in [6.07, 6.45) is 5.09. The molecule has 64 heavy (non-hydrogen) atoms. The minimum Gasteiger partial charge on any atom is -0.474 e. The van der Waals surface area contributed by atoms with Crippen molar-refractivity contribution in [3.63, 3.8) is 0 Å². The summed E-state index contributed by atoms with van der Waals surface area (Å²) in [5.74, 6) is -0.102. The van der Waals surface area contributed by atoms with Gasteiger partial charge in [0.15, 0.2) is 0 Å². The van der Waals surface area contributed by atoms with E-state index in [-0.39, 0.29) is 24.7 Å². The molecular weight excluding hydrogens is 822 g/mol. The number of fused-ring (bicyclic) bond motifs is 2. The smallest absolute Gasteiger partial charge is 0.415 e. The molecule has 2 aromatic heterocycles. The van der Waals surface area contributed by atoms with Gasteiger partial charge >= 0.3 is 12.1 Å². The van der Waals surface area contributed by atoms with Crippen LogP contribution in [-0.2, 0) is 33.7 Å². The van der Waals surface area contributed by atoms with E-state index in [1.165, 1.54) is 6.07 Å². The number of halogens is 1. The number of urea groups is 1. The predicted octanol–water partition coefficient (Wildman–Crippen LogP) is 5.17. The molecule has 1 unspecified atom stereocenters. The molecule has 3 saturated heterocycles. The third-order valence-corrected chi connectivity index (χ3v) is 12.5. The topological polar surface area (TPSA) is 169 Å². The van der Waals surface area contributed by atoms with Crippen LogP contribution in [0, 0.1) is 12.7 Å². The van der Waals surface area contributed by atoms with Gasteiger partial charge in [0.1, 0.15) is 23.7 Å². The number of hydrogen-bond donors (Lipinski definition) is 2. The molecule has 5 aliphatic heterocycles. The first-order chi connectivity index (χ1) is 30.8. The zero-order valence-corrected chi connectivity index (χ0v) is 36.7. The number of ether oxygens (including phenoxy) is 2. The maximum absolute atomic E-state index is 15.5. The van der Waals surface area contributed by atoms with Crippen molar-refractivity contribution in [3.8, 4) is 5.88 Å². The fourth-order valence-corrected chi connectivity index (χ4v) is 9.15. The molecule has 3 fully saturated rings. The van der Waals surface area contributed by atoms with Crippen molar-refractivity contribution < 1.29 is 33.0 Å². The number of pyridine rings is 1. The molecule has 2 N–H and O–H groups in total. The molecule has 0 bridgehead atoms. The van der Waals surface area contributed by atoms with Gasteiger partial charge in [-0.25, -0.2) is 28.9 Å². The van der Waals surface area contributed by atoms with Crippen LogP contribution >= 0.6 is 0 Å². The molecule has 5 amide bonds. The van der Waals surface area contributed by atoms with Gasteiger partial charge in [-0.2, -0.15) is 0 Å². The van der Waals surface area contributed by atoms with Crippen molar-refractivity contribution in [1.29, 1.82) is 0 Å². The highest BCUT2D eigenvalue weighted by Crippen LogP contribution is 2.40. The predicted molar refractivity (Wildman–Crippen MR) is 239 cm³/mol. The fourth-order valence-electron chi connectivity index (χ4n) is 9.15. The summed E-state index contributed by atoms with van der Waals surface area (Å²) in [5, 5.41) is 5.52. The highest BCUT2D eigenvalue weighted by atomic mass is 19.1. The van der Waals surface area contributed by atoms with Crippen LogP contribution in [0.4, 0.5) is 48.4 Å². The third-order valence-electron chi connectivity index (χ3n) is 12.5. The summed E-state index contributed by atoms with van der Waals surface area (Å²) in [6, 6.07) is 12.6. The molecule has 0 spiro atoms. The molecule has 1 atom stereocenters. The van der Waals surface area contributed by atoms with E-state index in [0.29, 0.717) is 87.1 Å².